The van der Waals surface area contributed by atoms with Crippen LogP contribution in [0.2, 0.25) is 0 Å². The van der Waals surface area contributed by atoms with Crippen LogP contribution in [0.15, 0.2) is 289 Å². The van der Waals surface area contributed by atoms with E-state index in [9.17, 15) is 0 Å². The summed E-state index contributed by atoms with van der Waals surface area (Å²) >= 11 is 1.79. The Morgan fingerprint density at radius 3 is 0.588 bits per heavy atom. The van der Waals surface area contributed by atoms with Gasteiger partial charge in [-0.3, -0.25) is 0 Å². The van der Waals surface area contributed by atoms with Crippen LogP contribution in [0.3, 0.4) is 0 Å². The summed E-state index contributed by atoms with van der Waals surface area (Å²) in [6.07, 6.45) is 0. The van der Waals surface area contributed by atoms with E-state index in [1.165, 1.54) is 44.5 Å². The lowest BCUT2D eigenvalue weighted by atomic mass is 9.98. The van der Waals surface area contributed by atoms with Crippen molar-refractivity contribution in [1.82, 2.24) is 0 Å². The molecule has 0 spiro atoms. The van der Waals surface area contributed by atoms with Crippen molar-refractivity contribution < 1.29 is 0 Å². The van der Waals surface area contributed by atoms with E-state index < -0.39 is 0 Å². The number of aryl methyl sites for hydroxylation is 8. The van der Waals surface area contributed by atoms with Crippen LogP contribution in [0.5, 0.6) is 0 Å². The number of hydrogen-bond donors (Lipinski definition) is 0. The van der Waals surface area contributed by atoms with E-state index in [2.05, 4.69) is 354 Å². The smallest absolute Gasteiger partial charge is 0.0541 e. The highest BCUT2D eigenvalue weighted by Crippen LogP contribution is 2.51. The van der Waals surface area contributed by atoms with E-state index in [1.807, 2.05) is 0 Å². The van der Waals surface area contributed by atoms with Crippen molar-refractivity contribution >= 4 is 80.0 Å². The summed E-state index contributed by atoms with van der Waals surface area (Å²) in [5.41, 5.74) is 27.1. The molecule has 0 amide bonds. The van der Waals surface area contributed by atoms with Gasteiger partial charge in [-0.15, -0.1) is 0 Å². The Morgan fingerprint density at radius 2 is 0.376 bits per heavy atom. The second-order valence-electron chi connectivity index (χ2n) is 22.5. The molecule has 0 bridgehead atoms. The van der Waals surface area contributed by atoms with Gasteiger partial charge in [-0.1, -0.05) is 190 Å². The van der Waals surface area contributed by atoms with Crippen LogP contribution in [-0.4, -0.2) is 0 Å². The molecule has 12 aromatic carbocycles. The molecule has 0 atom stereocenters. The van der Waals surface area contributed by atoms with Gasteiger partial charge in [0.05, 0.1) is 22.7 Å². The summed E-state index contributed by atoms with van der Waals surface area (Å²) in [6, 6.07) is 103. The van der Waals surface area contributed by atoms with Gasteiger partial charge < -0.3 is 19.6 Å². The summed E-state index contributed by atoms with van der Waals surface area (Å²) in [5, 5.41) is 0. The zero-order chi connectivity index (χ0) is 58.6. The van der Waals surface area contributed by atoms with Crippen LogP contribution < -0.4 is 19.6 Å². The second kappa shape index (κ2) is 24.6. The molecule has 0 N–H and O–H groups in total. The molecule has 0 radical (unpaired) electrons. The average Bonchev–Trinajstić information content (AvgIpc) is 2.89. The Morgan fingerprint density at radius 1 is 0.188 bits per heavy atom. The van der Waals surface area contributed by atoms with Crippen molar-refractivity contribution in [1.29, 1.82) is 0 Å². The summed E-state index contributed by atoms with van der Waals surface area (Å²) in [4.78, 5) is 11.9. The highest BCUT2D eigenvalue weighted by atomic mass is 32.2. The fourth-order valence-electron chi connectivity index (χ4n) is 11.2. The molecular formula is C80H70N4S. The number of nitrogens with zero attached hydrogens (tertiary/aromatic N) is 4. The quantitative estimate of drug-likeness (QED) is 0.0953. The third-order valence-electron chi connectivity index (χ3n) is 15.9. The standard InChI is InChI=1S/C80H70N4S/c1-55-17-33-63(34-18-55)81(64-35-19-56(2)20-36-64)77-15-11-9-13-73(77)75-53-71(49-51-79(75)83(67-41-25-59(5)26-42-67)68-43-27-60(6)28-44-68)85-72-50-52-80(84(69-45-29-61(7)30-46-69)70-47-31-62(8)32-48-70)76(54-72)74-14-10-12-16-78(74)82(65-37-21-57(3)22-38-65)66-39-23-58(4)24-40-66/h9-54H,1-8H3. The Hall–Kier alpha value is -9.81. The Kier molecular flexibility index (Phi) is 16.1. The molecule has 5 heteroatoms. The molecule has 0 heterocycles. The average molecular weight is 1120 g/mol. The number of anilines is 12. The first-order chi connectivity index (χ1) is 41.4. The molecule has 12 aromatic rings. The van der Waals surface area contributed by atoms with Gasteiger partial charge in [0.25, 0.3) is 0 Å². The number of benzene rings is 12. The van der Waals surface area contributed by atoms with Crippen molar-refractivity contribution in [3.63, 3.8) is 0 Å². The molecule has 0 unspecified atom stereocenters. The van der Waals surface area contributed by atoms with E-state index >= 15 is 0 Å². The van der Waals surface area contributed by atoms with Gasteiger partial charge in [-0.2, -0.15) is 0 Å². The van der Waals surface area contributed by atoms with Gasteiger partial charge in [-0.25, -0.2) is 0 Å². The second-order valence-corrected chi connectivity index (χ2v) is 23.7. The lowest BCUT2D eigenvalue weighted by Crippen LogP contribution is -2.14. The number of para-hydroxylation sites is 2. The van der Waals surface area contributed by atoms with E-state index in [4.69, 9.17) is 0 Å². The lowest BCUT2D eigenvalue weighted by molar-refractivity contribution is 1.24. The van der Waals surface area contributed by atoms with Crippen molar-refractivity contribution in [3.8, 4) is 22.3 Å². The molecule has 0 aliphatic carbocycles. The lowest BCUT2D eigenvalue weighted by Gasteiger charge is -2.32. The van der Waals surface area contributed by atoms with Crippen LogP contribution in [0, 0.1) is 55.4 Å². The summed E-state index contributed by atoms with van der Waals surface area (Å²) in [7, 11) is 0. The molecule has 85 heavy (non-hydrogen) atoms. The molecule has 4 nitrogen and oxygen atoms in total. The molecule has 0 aliphatic rings. The van der Waals surface area contributed by atoms with Crippen molar-refractivity contribution in [2.75, 3.05) is 19.6 Å². The Labute approximate surface area is 507 Å². The van der Waals surface area contributed by atoms with Crippen LogP contribution in [0.25, 0.3) is 22.3 Å². The van der Waals surface area contributed by atoms with Crippen molar-refractivity contribution in [2.24, 2.45) is 0 Å². The van der Waals surface area contributed by atoms with Crippen LogP contribution in [0.4, 0.5) is 68.2 Å². The first kappa shape index (κ1) is 55.7. The van der Waals surface area contributed by atoms with Gasteiger partial charge in [0.2, 0.25) is 0 Å². The molecule has 0 aromatic heterocycles. The maximum atomic E-state index is 2.42. The van der Waals surface area contributed by atoms with E-state index in [-0.39, 0.29) is 0 Å². The number of hydrogen-bond acceptors (Lipinski definition) is 5. The van der Waals surface area contributed by atoms with Gasteiger partial charge in [0.1, 0.15) is 0 Å². The molecule has 0 saturated carbocycles. The maximum Gasteiger partial charge on any atom is 0.0541 e. The predicted octanol–water partition coefficient (Wildman–Crippen LogP) is 23.5. The molecule has 12 rings (SSSR count). The maximum absolute atomic E-state index is 2.42. The van der Waals surface area contributed by atoms with E-state index in [1.54, 1.807) is 11.8 Å². The van der Waals surface area contributed by atoms with E-state index in [0.717, 1.165) is 100 Å². The minimum absolute atomic E-state index is 1.07. The van der Waals surface area contributed by atoms with E-state index in [0.29, 0.717) is 0 Å². The summed E-state index contributed by atoms with van der Waals surface area (Å²) in [6.45, 7) is 17.2. The summed E-state index contributed by atoms with van der Waals surface area (Å²) < 4.78 is 0. The van der Waals surface area contributed by atoms with Gasteiger partial charge in [0, 0.05) is 77.5 Å². The zero-order valence-electron chi connectivity index (χ0n) is 49.8. The molecule has 416 valence electrons. The SMILES string of the molecule is Cc1ccc(N(c2ccc(C)cc2)c2ccccc2-c2cc(Sc3ccc(N(c4ccc(C)cc4)c4ccc(C)cc4)c(-c4ccccc4N(c4ccc(C)cc4)c4ccc(C)cc4)c3)ccc2N(c2ccc(C)cc2)c2ccc(C)cc2)cc1. The first-order valence-electron chi connectivity index (χ1n) is 29.3. The Balaban J connectivity index is 1.08. The molecule has 0 saturated heterocycles. The Bertz CT molecular complexity index is 3790. The monoisotopic (exact) mass is 1120 g/mol. The highest BCUT2D eigenvalue weighted by molar-refractivity contribution is 7.99. The van der Waals surface area contributed by atoms with Crippen LogP contribution in [-0.2, 0) is 0 Å². The normalized spacial score (nSPS) is 11.1. The molecular weight excluding hydrogens is 1050 g/mol. The zero-order valence-corrected chi connectivity index (χ0v) is 50.6. The largest absolute Gasteiger partial charge is 0.310 e. The minimum atomic E-state index is 1.07. The van der Waals surface area contributed by atoms with Gasteiger partial charge in [-0.05, 0) is 201 Å². The highest BCUT2D eigenvalue weighted by Gasteiger charge is 2.26. The van der Waals surface area contributed by atoms with Crippen LogP contribution in [0.1, 0.15) is 44.5 Å². The topological polar surface area (TPSA) is 13.0 Å². The molecule has 0 aliphatic heterocycles. The predicted molar refractivity (Wildman–Crippen MR) is 365 cm³/mol. The minimum Gasteiger partial charge on any atom is -0.310 e. The van der Waals surface area contributed by atoms with Gasteiger partial charge >= 0.3 is 0 Å². The fourth-order valence-corrected chi connectivity index (χ4v) is 12.1. The molecule has 0 fully saturated rings. The summed E-state index contributed by atoms with van der Waals surface area (Å²) in [5.74, 6) is 0. The van der Waals surface area contributed by atoms with Gasteiger partial charge in [0.15, 0.2) is 0 Å². The fraction of sp³-hybridized carbons (Fsp3) is 0.100. The van der Waals surface area contributed by atoms with Crippen molar-refractivity contribution in [3.05, 3.63) is 324 Å². The third kappa shape index (κ3) is 12.2. The first-order valence-corrected chi connectivity index (χ1v) is 30.1. The number of rotatable bonds is 16. The van der Waals surface area contributed by atoms with Crippen LogP contribution >= 0.6 is 11.8 Å². The van der Waals surface area contributed by atoms with Crippen molar-refractivity contribution in [2.45, 2.75) is 65.2 Å². The third-order valence-corrected chi connectivity index (χ3v) is 16.8.